The predicted octanol–water partition coefficient (Wildman–Crippen LogP) is 2.47. The van der Waals surface area contributed by atoms with E-state index in [1.165, 1.54) is 24.9 Å². The number of benzene rings is 1. The number of nitrogens with zero attached hydrogens (tertiary/aromatic N) is 1. The van der Waals surface area contributed by atoms with Crippen molar-refractivity contribution in [3.05, 3.63) is 29.8 Å². The second kappa shape index (κ2) is 7.51. The van der Waals surface area contributed by atoms with Gasteiger partial charge in [0, 0.05) is 19.2 Å². The molecule has 1 aliphatic heterocycles. The molecule has 0 aliphatic carbocycles. The van der Waals surface area contributed by atoms with Crippen molar-refractivity contribution in [1.82, 2.24) is 4.90 Å². The highest BCUT2D eigenvalue weighted by Gasteiger charge is 2.23. The first-order chi connectivity index (χ1) is 9.33. The number of hydrogen-bond donors (Lipinski definition) is 1. The molecule has 1 saturated heterocycles. The maximum atomic E-state index is 8.94. The lowest BCUT2D eigenvalue weighted by Crippen LogP contribution is -2.31. The second-order valence-electron chi connectivity index (χ2n) is 5.30. The SMILES string of the molecule is COc1ccc(CCN2CCCC2CCCO)cc1. The Bertz CT molecular complexity index is 364. The lowest BCUT2D eigenvalue weighted by molar-refractivity contribution is 0.218. The normalized spacial score (nSPS) is 19.8. The van der Waals surface area contributed by atoms with E-state index in [-0.39, 0.29) is 0 Å². The van der Waals surface area contributed by atoms with Gasteiger partial charge in [-0.3, -0.25) is 0 Å². The van der Waals surface area contributed by atoms with Crippen LogP contribution in [0.5, 0.6) is 5.75 Å². The molecule has 0 radical (unpaired) electrons. The molecule has 1 fully saturated rings. The molecule has 3 heteroatoms. The van der Waals surface area contributed by atoms with E-state index in [2.05, 4.69) is 17.0 Å². The molecule has 0 amide bonds. The van der Waals surface area contributed by atoms with Crippen LogP contribution >= 0.6 is 0 Å². The van der Waals surface area contributed by atoms with Crippen molar-refractivity contribution < 1.29 is 9.84 Å². The van der Waals surface area contributed by atoms with E-state index in [9.17, 15) is 0 Å². The molecule has 1 aromatic carbocycles. The molecular formula is C16H25NO2. The van der Waals surface area contributed by atoms with Gasteiger partial charge in [0.15, 0.2) is 0 Å². The van der Waals surface area contributed by atoms with E-state index < -0.39 is 0 Å². The molecule has 1 aromatic rings. The summed E-state index contributed by atoms with van der Waals surface area (Å²) in [5.41, 5.74) is 1.37. The van der Waals surface area contributed by atoms with E-state index in [1.807, 2.05) is 12.1 Å². The van der Waals surface area contributed by atoms with E-state index in [4.69, 9.17) is 9.84 Å². The lowest BCUT2D eigenvalue weighted by atomic mass is 10.1. The second-order valence-corrected chi connectivity index (χ2v) is 5.30. The Kier molecular flexibility index (Phi) is 5.67. The third kappa shape index (κ3) is 4.22. The van der Waals surface area contributed by atoms with Crippen LogP contribution < -0.4 is 4.74 Å². The summed E-state index contributed by atoms with van der Waals surface area (Å²) in [6.07, 6.45) is 5.77. The highest BCUT2D eigenvalue weighted by molar-refractivity contribution is 5.27. The van der Waals surface area contributed by atoms with E-state index >= 15 is 0 Å². The molecule has 0 aromatic heterocycles. The quantitative estimate of drug-likeness (QED) is 0.820. The van der Waals surface area contributed by atoms with Crippen molar-refractivity contribution in [2.45, 2.75) is 38.1 Å². The van der Waals surface area contributed by atoms with E-state index in [1.54, 1.807) is 7.11 Å². The van der Waals surface area contributed by atoms with Crippen LogP contribution in [0.1, 0.15) is 31.2 Å². The summed E-state index contributed by atoms with van der Waals surface area (Å²) in [4.78, 5) is 2.58. The molecule has 1 N–H and O–H groups in total. The average molecular weight is 263 g/mol. The minimum Gasteiger partial charge on any atom is -0.497 e. The minimum absolute atomic E-state index is 0.322. The lowest BCUT2D eigenvalue weighted by Gasteiger charge is -2.24. The summed E-state index contributed by atoms with van der Waals surface area (Å²) in [5, 5.41) is 8.94. The van der Waals surface area contributed by atoms with Gasteiger partial charge in [-0.05, 0) is 56.3 Å². The van der Waals surface area contributed by atoms with Gasteiger partial charge in [0.1, 0.15) is 5.75 Å². The van der Waals surface area contributed by atoms with Crippen molar-refractivity contribution in [3.63, 3.8) is 0 Å². The molecule has 0 saturated carbocycles. The zero-order valence-electron chi connectivity index (χ0n) is 11.8. The third-order valence-corrected chi connectivity index (χ3v) is 4.04. The number of methoxy groups -OCH3 is 1. The topological polar surface area (TPSA) is 32.7 Å². The van der Waals surface area contributed by atoms with E-state index in [0.717, 1.165) is 31.6 Å². The average Bonchev–Trinajstić information content (AvgIpc) is 2.91. The van der Waals surface area contributed by atoms with Crippen LogP contribution in [0.4, 0.5) is 0 Å². The smallest absolute Gasteiger partial charge is 0.118 e. The first kappa shape index (κ1) is 14.4. The highest BCUT2D eigenvalue weighted by atomic mass is 16.5. The van der Waals surface area contributed by atoms with Crippen LogP contribution in [0.2, 0.25) is 0 Å². The number of hydrogen-bond acceptors (Lipinski definition) is 3. The Balaban J connectivity index is 1.80. The molecular weight excluding hydrogens is 238 g/mol. The van der Waals surface area contributed by atoms with Crippen LogP contribution in [-0.4, -0.2) is 42.9 Å². The van der Waals surface area contributed by atoms with Crippen LogP contribution in [0.3, 0.4) is 0 Å². The van der Waals surface area contributed by atoms with Gasteiger partial charge in [-0.25, -0.2) is 0 Å². The molecule has 1 aliphatic rings. The number of aliphatic hydroxyl groups is 1. The third-order valence-electron chi connectivity index (χ3n) is 4.04. The Hall–Kier alpha value is -1.06. The predicted molar refractivity (Wildman–Crippen MR) is 77.6 cm³/mol. The first-order valence-corrected chi connectivity index (χ1v) is 7.31. The zero-order chi connectivity index (χ0) is 13.5. The summed E-state index contributed by atoms with van der Waals surface area (Å²) < 4.78 is 5.17. The summed E-state index contributed by atoms with van der Waals surface area (Å²) in [5.74, 6) is 0.922. The maximum absolute atomic E-state index is 8.94. The molecule has 0 bridgehead atoms. The first-order valence-electron chi connectivity index (χ1n) is 7.31. The molecule has 0 spiro atoms. The van der Waals surface area contributed by atoms with Crippen LogP contribution in [-0.2, 0) is 6.42 Å². The summed E-state index contributed by atoms with van der Waals surface area (Å²) in [6, 6.07) is 9.05. The molecule has 1 atom stereocenters. The molecule has 1 unspecified atom stereocenters. The monoisotopic (exact) mass is 263 g/mol. The van der Waals surface area contributed by atoms with Crippen molar-refractivity contribution in [3.8, 4) is 5.75 Å². The fourth-order valence-corrected chi connectivity index (χ4v) is 2.91. The number of likely N-dealkylation sites (tertiary alicyclic amines) is 1. The minimum atomic E-state index is 0.322. The largest absolute Gasteiger partial charge is 0.497 e. The van der Waals surface area contributed by atoms with Gasteiger partial charge in [0.25, 0.3) is 0 Å². The van der Waals surface area contributed by atoms with Crippen LogP contribution in [0, 0.1) is 0 Å². The summed E-state index contributed by atoms with van der Waals surface area (Å²) in [7, 11) is 1.70. The Morgan fingerprint density at radius 2 is 2.11 bits per heavy atom. The summed E-state index contributed by atoms with van der Waals surface area (Å²) >= 11 is 0. The maximum Gasteiger partial charge on any atom is 0.118 e. The van der Waals surface area contributed by atoms with Crippen molar-refractivity contribution in [2.75, 3.05) is 26.8 Å². The fraction of sp³-hybridized carbons (Fsp3) is 0.625. The molecule has 1 heterocycles. The van der Waals surface area contributed by atoms with Crippen molar-refractivity contribution >= 4 is 0 Å². The fourth-order valence-electron chi connectivity index (χ4n) is 2.91. The molecule has 19 heavy (non-hydrogen) atoms. The molecule has 2 rings (SSSR count). The van der Waals surface area contributed by atoms with Crippen molar-refractivity contribution in [1.29, 1.82) is 0 Å². The van der Waals surface area contributed by atoms with Crippen LogP contribution in [0.15, 0.2) is 24.3 Å². The summed E-state index contributed by atoms with van der Waals surface area (Å²) in [6.45, 7) is 2.66. The standard InChI is InChI=1S/C16H25NO2/c1-19-16-8-6-14(7-9-16)10-12-17-11-2-4-15(17)5-3-13-18/h6-9,15,18H,2-5,10-13H2,1H3. The van der Waals surface area contributed by atoms with Gasteiger partial charge < -0.3 is 14.7 Å². The van der Waals surface area contributed by atoms with E-state index in [0.29, 0.717) is 12.6 Å². The Morgan fingerprint density at radius 3 is 2.79 bits per heavy atom. The number of aliphatic hydroxyl groups excluding tert-OH is 1. The van der Waals surface area contributed by atoms with Gasteiger partial charge in [-0.1, -0.05) is 12.1 Å². The Labute approximate surface area is 116 Å². The molecule has 3 nitrogen and oxygen atoms in total. The zero-order valence-corrected chi connectivity index (χ0v) is 11.8. The van der Waals surface area contributed by atoms with Gasteiger partial charge in [0.2, 0.25) is 0 Å². The van der Waals surface area contributed by atoms with Gasteiger partial charge in [0.05, 0.1) is 7.11 Å². The number of ether oxygens (including phenoxy) is 1. The van der Waals surface area contributed by atoms with Crippen LogP contribution in [0.25, 0.3) is 0 Å². The van der Waals surface area contributed by atoms with Crippen molar-refractivity contribution in [2.24, 2.45) is 0 Å². The van der Waals surface area contributed by atoms with Gasteiger partial charge >= 0.3 is 0 Å². The molecule has 106 valence electrons. The van der Waals surface area contributed by atoms with Gasteiger partial charge in [-0.15, -0.1) is 0 Å². The Morgan fingerprint density at radius 1 is 1.32 bits per heavy atom. The van der Waals surface area contributed by atoms with Gasteiger partial charge in [-0.2, -0.15) is 0 Å². The number of rotatable bonds is 7. The highest BCUT2D eigenvalue weighted by Crippen LogP contribution is 2.21.